The molecule has 2 aromatic carbocycles. The molecule has 1 aromatic heterocycles. The highest BCUT2D eigenvalue weighted by Gasteiger charge is 2.20. The Hall–Kier alpha value is -1.88. The molecule has 0 aliphatic carbocycles. The van der Waals surface area contributed by atoms with E-state index in [0.29, 0.717) is 32.4 Å². The Balaban J connectivity index is 2.18. The van der Waals surface area contributed by atoms with Crippen LogP contribution < -0.4 is 0 Å². The number of hydrogen-bond donors (Lipinski definition) is 0. The largest absolute Gasteiger partial charge is 0.289 e. The molecule has 0 aliphatic heterocycles. The number of benzene rings is 2. The molecule has 7 heteroatoms. The van der Waals surface area contributed by atoms with Gasteiger partial charge in [-0.3, -0.25) is 4.79 Å². The summed E-state index contributed by atoms with van der Waals surface area (Å²) < 4.78 is 1.49. The number of alkyl halides is 1. The zero-order valence-electron chi connectivity index (χ0n) is 11.7. The lowest BCUT2D eigenvalue weighted by Gasteiger charge is -2.11. The van der Waals surface area contributed by atoms with Gasteiger partial charge in [0.25, 0.3) is 0 Å². The zero-order chi connectivity index (χ0) is 16.4. The number of carbonyl (C=O) groups excluding carboxylic acids is 1. The van der Waals surface area contributed by atoms with Gasteiger partial charge in [0.1, 0.15) is 6.00 Å². The molecule has 0 spiro atoms. The molecule has 0 N–H and O–H groups in total. The molecule has 3 rings (SSSR count). The van der Waals surface area contributed by atoms with E-state index >= 15 is 0 Å². The lowest BCUT2D eigenvalue weighted by Crippen LogP contribution is -2.06. The Kier molecular flexibility index (Phi) is 4.66. The molecular formula is C16H10Cl3N3O. The predicted molar refractivity (Wildman–Crippen MR) is 91.2 cm³/mol. The standard InChI is InChI=1S/C16H10Cl3N3O/c17-9-22-15(8-20-21-22)11-6-5-10(18)7-13(11)16(23)12-3-1-2-4-14(12)19/h1-8H,9H2. The molecule has 0 radical (unpaired) electrons. The van der Waals surface area contributed by atoms with E-state index in [0.717, 1.165) is 0 Å². The first kappa shape index (κ1) is 16.0. The molecule has 0 atom stereocenters. The van der Waals surface area contributed by atoms with Crippen LogP contribution in [-0.4, -0.2) is 20.8 Å². The molecule has 3 aromatic rings. The second-order valence-corrected chi connectivity index (χ2v) is 5.82. The number of ketones is 1. The Morgan fingerprint density at radius 2 is 1.87 bits per heavy atom. The van der Waals surface area contributed by atoms with E-state index in [1.165, 1.54) is 4.68 Å². The first-order chi connectivity index (χ1) is 11.1. The van der Waals surface area contributed by atoms with Gasteiger partial charge in [-0.25, -0.2) is 4.68 Å². The van der Waals surface area contributed by atoms with E-state index in [2.05, 4.69) is 10.3 Å². The van der Waals surface area contributed by atoms with Crippen molar-refractivity contribution in [2.45, 2.75) is 6.00 Å². The summed E-state index contributed by atoms with van der Waals surface area (Å²) in [5.74, 6) is -0.226. The van der Waals surface area contributed by atoms with E-state index in [9.17, 15) is 4.79 Å². The number of halogens is 3. The van der Waals surface area contributed by atoms with Crippen LogP contribution in [0.2, 0.25) is 10.0 Å². The van der Waals surface area contributed by atoms with Gasteiger partial charge in [-0.2, -0.15) is 0 Å². The molecule has 1 heterocycles. The lowest BCUT2D eigenvalue weighted by molar-refractivity contribution is 0.103. The summed E-state index contributed by atoms with van der Waals surface area (Å²) in [6.07, 6.45) is 1.55. The van der Waals surface area contributed by atoms with Crippen LogP contribution in [-0.2, 0) is 6.00 Å². The highest BCUT2D eigenvalue weighted by atomic mass is 35.5. The SMILES string of the molecule is O=C(c1ccccc1Cl)c1cc(Cl)ccc1-c1cnnn1CCl. The van der Waals surface area contributed by atoms with Crippen molar-refractivity contribution in [3.8, 4) is 11.3 Å². The minimum absolute atomic E-state index is 0.123. The average Bonchev–Trinajstić information content (AvgIpc) is 3.03. The number of hydrogen-bond acceptors (Lipinski definition) is 3. The molecular weight excluding hydrogens is 357 g/mol. The van der Waals surface area contributed by atoms with Crippen molar-refractivity contribution in [1.82, 2.24) is 15.0 Å². The summed E-state index contributed by atoms with van der Waals surface area (Å²) in [7, 11) is 0. The fourth-order valence-corrected chi connectivity index (χ4v) is 2.84. The van der Waals surface area contributed by atoms with Crippen LogP contribution in [0, 0.1) is 0 Å². The van der Waals surface area contributed by atoms with Crippen LogP contribution in [0.5, 0.6) is 0 Å². The normalized spacial score (nSPS) is 10.7. The molecule has 0 saturated heterocycles. The van der Waals surface area contributed by atoms with Crippen LogP contribution in [0.4, 0.5) is 0 Å². The molecule has 116 valence electrons. The quantitative estimate of drug-likeness (QED) is 0.497. The maximum absolute atomic E-state index is 12.9. The fraction of sp³-hybridized carbons (Fsp3) is 0.0625. The summed E-state index contributed by atoms with van der Waals surface area (Å²) in [6.45, 7) is 0. The van der Waals surface area contributed by atoms with Crippen molar-refractivity contribution in [3.63, 3.8) is 0 Å². The van der Waals surface area contributed by atoms with E-state index < -0.39 is 0 Å². The van der Waals surface area contributed by atoms with Crippen molar-refractivity contribution < 1.29 is 4.79 Å². The molecule has 0 unspecified atom stereocenters. The summed E-state index contributed by atoms with van der Waals surface area (Å²) in [5, 5.41) is 8.56. The van der Waals surface area contributed by atoms with Crippen molar-refractivity contribution in [2.24, 2.45) is 0 Å². The van der Waals surface area contributed by atoms with Crippen LogP contribution >= 0.6 is 34.8 Å². The van der Waals surface area contributed by atoms with E-state index in [4.69, 9.17) is 34.8 Å². The third kappa shape index (κ3) is 3.11. The van der Waals surface area contributed by atoms with Crippen LogP contribution in [0.3, 0.4) is 0 Å². The van der Waals surface area contributed by atoms with Gasteiger partial charge in [-0.1, -0.05) is 46.6 Å². The summed E-state index contributed by atoms with van der Waals surface area (Å²) >= 11 is 18.1. The van der Waals surface area contributed by atoms with Gasteiger partial charge in [0.2, 0.25) is 0 Å². The Morgan fingerprint density at radius 1 is 1.09 bits per heavy atom. The number of rotatable bonds is 4. The topological polar surface area (TPSA) is 47.8 Å². The first-order valence-electron chi connectivity index (χ1n) is 6.65. The summed E-state index contributed by atoms with van der Waals surface area (Å²) in [6, 6.07) is 12.0. The highest BCUT2D eigenvalue weighted by molar-refractivity contribution is 6.35. The lowest BCUT2D eigenvalue weighted by atomic mass is 9.96. The van der Waals surface area contributed by atoms with E-state index in [1.807, 2.05) is 0 Å². The van der Waals surface area contributed by atoms with Gasteiger partial charge >= 0.3 is 0 Å². The Labute approximate surface area is 147 Å². The van der Waals surface area contributed by atoms with Crippen molar-refractivity contribution in [1.29, 1.82) is 0 Å². The fourth-order valence-electron chi connectivity index (χ4n) is 2.27. The summed E-state index contributed by atoms with van der Waals surface area (Å²) in [5.41, 5.74) is 2.10. The van der Waals surface area contributed by atoms with Crippen molar-refractivity contribution in [2.75, 3.05) is 0 Å². The second kappa shape index (κ2) is 6.71. The molecule has 0 bridgehead atoms. The molecule has 0 saturated carbocycles. The van der Waals surface area contributed by atoms with Crippen molar-refractivity contribution >= 4 is 40.6 Å². The van der Waals surface area contributed by atoms with Crippen molar-refractivity contribution in [3.05, 3.63) is 69.8 Å². The molecule has 4 nitrogen and oxygen atoms in total. The van der Waals surface area contributed by atoms with E-state index in [1.54, 1.807) is 48.7 Å². The minimum atomic E-state index is -0.226. The predicted octanol–water partition coefficient (Wildman–Crippen LogP) is 4.68. The summed E-state index contributed by atoms with van der Waals surface area (Å²) in [4.78, 5) is 12.9. The molecule has 0 fully saturated rings. The third-order valence-corrected chi connectivity index (χ3v) is 4.14. The van der Waals surface area contributed by atoms with Crippen LogP contribution in [0.25, 0.3) is 11.3 Å². The first-order valence-corrected chi connectivity index (χ1v) is 7.94. The highest BCUT2D eigenvalue weighted by Crippen LogP contribution is 2.29. The maximum Gasteiger partial charge on any atom is 0.195 e. The Morgan fingerprint density at radius 3 is 2.61 bits per heavy atom. The van der Waals surface area contributed by atoms with Gasteiger partial charge < -0.3 is 0 Å². The van der Waals surface area contributed by atoms with Gasteiger partial charge in [0.15, 0.2) is 5.78 Å². The maximum atomic E-state index is 12.9. The van der Waals surface area contributed by atoms with Gasteiger partial charge in [0.05, 0.1) is 16.9 Å². The molecule has 0 aliphatic rings. The average molecular weight is 367 g/mol. The number of carbonyl (C=O) groups is 1. The smallest absolute Gasteiger partial charge is 0.195 e. The van der Waals surface area contributed by atoms with Crippen LogP contribution in [0.1, 0.15) is 15.9 Å². The molecule has 0 amide bonds. The van der Waals surface area contributed by atoms with Gasteiger partial charge in [-0.15, -0.1) is 16.7 Å². The third-order valence-electron chi connectivity index (χ3n) is 3.35. The van der Waals surface area contributed by atoms with Gasteiger partial charge in [-0.05, 0) is 24.3 Å². The van der Waals surface area contributed by atoms with Gasteiger partial charge in [0, 0.05) is 21.7 Å². The van der Waals surface area contributed by atoms with E-state index in [-0.39, 0.29) is 11.8 Å². The monoisotopic (exact) mass is 365 g/mol. The number of nitrogens with zero attached hydrogens (tertiary/aromatic N) is 3. The second-order valence-electron chi connectivity index (χ2n) is 4.74. The molecule has 23 heavy (non-hydrogen) atoms. The minimum Gasteiger partial charge on any atom is -0.289 e. The number of aromatic nitrogens is 3. The zero-order valence-corrected chi connectivity index (χ0v) is 14.0. The van der Waals surface area contributed by atoms with Crippen LogP contribution in [0.15, 0.2) is 48.7 Å². The Bertz CT molecular complexity index is 877.